The Kier molecular flexibility index (Phi) is 8.39. The second-order valence-electron chi connectivity index (χ2n) is 4.38. The summed E-state index contributed by atoms with van der Waals surface area (Å²) in [6, 6.07) is 15.3. The number of rotatable bonds is 2. The van der Waals surface area contributed by atoms with Crippen molar-refractivity contribution in [1.82, 2.24) is 0 Å². The van der Waals surface area contributed by atoms with Crippen LogP contribution in [0.25, 0.3) is 0 Å². The van der Waals surface area contributed by atoms with Gasteiger partial charge in [0.2, 0.25) is 11.8 Å². The van der Waals surface area contributed by atoms with Crippen molar-refractivity contribution in [3.05, 3.63) is 55.7 Å². The smallest absolute Gasteiger partial charge is 0.221 e. The number of amides is 2. The fourth-order valence-corrected chi connectivity index (χ4v) is 2.63. The van der Waals surface area contributed by atoms with Crippen LogP contribution in [-0.4, -0.2) is 11.8 Å². The van der Waals surface area contributed by atoms with Crippen LogP contribution in [0.3, 0.4) is 0 Å². The maximum atomic E-state index is 10.6. The number of hydrogen-bond donors (Lipinski definition) is 2. The third-order valence-corrected chi connectivity index (χ3v) is 3.63. The minimum absolute atomic E-state index is 0.0352. The predicted octanol–water partition coefficient (Wildman–Crippen LogP) is 4.50. The quantitative estimate of drug-likeness (QED) is 0.572. The molecule has 0 saturated carbocycles. The Balaban J connectivity index is 0.000000220. The fourth-order valence-electron chi connectivity index (χ4n) is 1.54. The molecule has 2 amide bonds. The molecule has 2 rings (SSSR count). The van der Waals surface area contributed by atoms with Gasteiger partial charge < -0.3 is 10.6 Å². The van der Waals surface area contributed by atoms with Crippen LogP contribution in [-0.2, 0) is 9.59 Å². The molecule has 0 aliphatic heterocycles. The monoisotopic (exact) mass is 522 g/mol. The van der Waals surface area contributed by atoms with Gasteiger partial charge in [-0.3, -0.25) is 9.59 Å². The van der Waals surface area contributed by atoms with Gasteiger partial charge in [0.15, 0.2) is 0 Å². The van der Waals surface area contributed by atoms with Crippen LogP contribution < -0.4 is 10.6 Å². The average molecular weight is 522 g/mol. The Labute approximate surface area is 157 Å². The van der Waals surface area contributed by atoms with Crippen LogP contribution in [0.15, 0.2) is 48.5 Å². The van der Waals surface area contributed by atoms with E-state index >= 15 is 0 Å². The zero-order chi connectivity index (χ0) is 16.5. The highest BCUT2D eigenvalue weighted by atomic mass is 127. The van der Waals surface area contributed by atoms with E-state index in [4.69, 9.17) is 0 Å². The van der Waals surface area contributed by atoms with Gasteiger partial charge in [0.1, 0.15) is 0 Å². The molecule has 6 heteroatoms. The molecule has 116 valence electrons. The molecule has 0 aliphatic rings. The average Bonchev–Trinajstić information content (AvgIpc) is 2.37. The Morgan fingerprint density at radius 1 is 0.773 bits per heavy atom. The topological polar surface area (TPSA) is 58.2 Å². The van der Waals surface area contributed by atoms with Crippen molar-refractivity contribution in [2.24, 2.45) is 0 Å². The maximum Gasteiger partial charge on any atom is 0.221 e. The van der Waals surface area contributed by atoms with Gasteiger partial charge in [-0.2, -0.15) is 0 Å². The van der Waals surface area contributed by atoms with E-state index in [1.54, 1.807) is 0 Å². The standard InChI is InChI=1S/2C8H8INO/c2*1-6(11)10-8-4-2-3-7(9)5-8/h2*2-5H,1H3,(H,10,11). The number of carbonyl (C=O) groups is 2. The number of hydrogen-bond acceptors (Lipinski definition) is 2. The van der Waals surface area contributed by atoms with Gasteiger partial charge in [-0.15, -0.1) is 0 Å². The van der Waals surface area contributed by atoms with Gasteiger partial charge in [-0.25, -0.2) is 0 Å². The first-order valence-corrected chi connectivity index (χ1v) is 8.59. The first-order chi connectivity index (χ1) is 10.4. The molecule has 0 saturated heterocycles. The first-order valence-electron chi connectivity index (χ1n) is 6.43. The summed E-state index contributed by atoms with van der Waals surface area (Å²) < 4.78 is 2.24. The van der Waals surface area contributed by atoms with E-state index in [1.165, 1.54) is 13.8 Å². The second kappa shape index (κ2) is 9.78. The summed E-state index contributed by atoms with van der Waals surface area (Å²) in [6.07, 6.45) is 0. The van der Waals surface area contributed by atoms with Crippen LogP contribution in [0, 0.1) is 7.14 Å². The minimum atomic E-state index is -0.0352. The summed E-state index contributed by atoms with van der Waals surface area (Å²) in [5.41, 5.74) is 1.70. The van der Waals surface area contributed by atoms with Crippen molar-refractivity contribution in [3.8, 4) is 0 Å². The Morgan fingerprint density at radius 2 is 1.14 bits per heavy atom. The molecule has 0 spiro atoms. The molecule has 0 atom stereocenters. The van der Waals surface area contributed by atoms with E-state index in [0.29, 0.717) is 0 Å². The highest BCUT2D eigenvalue weighted by Gasteiger charge is 1.94. The number of halogens is 2. The lowest BCUT2D eigenvalue weighted by Gasteiger charge is -2.00. The lowest BCUT2D eigenvalue weighted by atomic mass is 10.3. The molecule has 2 aromatic carbocycles. The van der Waals surface area contributed by atoms with Crippen molar-refractivity contribution >= 4 is 68.4 Å². The lowest BCUT2D eigenvalue weighted by molar-refractivity contribution is -0.115. The number of anilines is 2. The molecule has 0 heterocycles. The summed E-state index contributed by atoms with van der Waals surface area (Å²) >= 11 is 4.40. The highest BCUT2D eigenvalue weighted by molar-refractivity contribution is 14.1. The summed E-state index contributed by atoms with van der Waals surface area (Å²) in [6.45, 7) is 3.00. The molecule has 2 N–H and O–H groups in total. The zero-order valence-electron chi connectivity index (χ0n) is 12.2. The van der Waals surface area contributed by atoms with Crippen LogP contribution in [0.1, 0.15) is 13.8 Å². The van der Waals surface area contributed by atoms with E-state index in [-0.39, 0.29) is 11.8 Å². The minimum Gasteiger partial charge on any atom is -0.326 e. The van der Waals surface area contributed by atoms with Gasteiger partial charge in [0.05, 0.1) is 0 Å². The maximum absolute atomic E-state index is 10.6. The van der Waals surface area contributed by atoms with Crippen LogP contribution in [0.4, 0.5) is 11.4 Å². The second-order valence-corrected chi connectivity index (χ2v) is 6.87. The highest BCUT2D eigenvalue weighted by Crippen LogP contribution is 2.12. The van der Waals surface area contributed by atoms with E-state index < -0.39 is 0 Å². The third-order valence-electron chi connectivity index (χ3n) is 2.29. The molecule has 0 aliphatic carbocycles. The molecule has 0 aromatic heterocycles. The van der Waals surface area contributed by atoms with Crippen molar-refractivity contribution in [2.75, 3.05) is 10.6 Å². The molecule has 4 nitrogen and oxygen atoms in total. The predicted molar refractivity (Wildman–Crippen MR) is 107 cm³/mol. The van der Waals surface area contributed by atoms with E-state index in [1.807, 2.05) is 48.5 Å². The summed E-state index contributed by atoms with van der Waals surface area (Å²) in [5, 5.41) is 5.40. The van der Waals surface area contributed by atoms with Crippen molar-refractivity contribution in [3.63, 3.8) is 0 Å². The normalized spacial score (nSPS) is 9.27. The van der Waals surface area contributed by atoms with Crippen LogP contribution >= 0.6 is 45.2 Å². The SMILES string of the molecule is CC(=O)Nc1cccc(I)c1.CC(=O)Nc1cccc(I)c1. The summed E-state index contributed by atoms with van der Waals surface area (Å²) in [5.74, 6) is -0.0704. The number of nitrogens with one attached hydrogen (secondary N) is 2. The number of carbonyl (C=O) groups excluding carboxylic acids is 2. The van der Waals surface area contributed by atoms with Crippen LogP contribution in [0.5, 0.6) is 0 Å². The Morgan fingerprint density at radius 3 is 1.41 bits per heavy atom. The van der Waals surface area contributed by atoms with E-state index in [9.17, 15) is 9.59 Å². The molecule has 0 unspecified atom stereocenters. The number of benzene rings is 2. The fraction of sp³-hybridized carbons (Fsp3) is 0.125. The third kappa shape index (κ3) is 8.32. The van der Waals surface area contributed by atoms with Crippen molar-refractivity contribution in [2.45, 2.75) is 13.8 Å². The van der Waals surface area contributed by atoms with Gasteiger partial charge in [-0.1, -0.05) is 12.1 Å². The van der Waals surface area contributed by atoms with Gasteiger partial charge in [0, 0.05) is 32.4 Å². The van der Waals surface area contributed by atoms with E-state index in [0.717, 1.165) is 18.5 Å². The molecule has 0 bridgehead atoms. The Bertz CT molecular complexity index is 603. The van der Waals surface area contributed by atoms with Gasteiger partial charge in [-0.05, 0) is 81.6 Å². The van der Waals surface area contributed by atoms with Crippen molar-refractivity contribution < 1.29 is 9.59 Å². The van der Waals surface area contributed by atoms with Crippen LogP contribution in [0.2, 0.25) is 0 Å². The van der Waals surface area contributed by atoms with Gasteiger partial charge >= 0.3 is 0 Å². The van der Waals surface area contributed by atoms with Crippen molar-refractivity contribution in [1.29, 1.82) is 0 Å². The first kappa shape index (κ1) is 18.9. The van der Waals surface area contributed by atoms with Gasteiger partial charge in [0.25, 0.3) is 0 Å². The summed E-state index contributed by atoms with van der Waals surface area (Å²) in [4.78, 5) is 21.2. The lowest BCUT2D eigenvalue weighted by Crippen LogP contribution is -2.05. The largest absolute Gasteiger partial charge is 0.326 e. The van der Waals surface area contributed by atoms with E-state index in [2.05, 4.69) is 55.8 Å². The Hall–Kier alpha value is -1.16. The molecular formula is C16H16I2N2O2. The zero-order valence-corrected chi connectivity index (χ0v) is 16.5. The molecule has 2 aromatic rings. The molecular weight excluding hydrogens is 506 g/mol. The summed E-state index contributed by atoms with van der Waals surface area (Å²) in [7, 11) is 0. The molecule has 22 heavy (non-hydrogen) atoms. The molecule has 0 radical (unpaired) electrons. The molecule has 0 fully saturated rings.